The Bertz CT molecular complexity index is 829. The lowest BCUT2D eigenvalue weighted by Crippen LogP contribution is -2.27. The fourth-order valence-electron chi connectivity index (χ4n) is 2.32. The van der Waals surface area contributed by atoms with Crippen LogP contribution >= 0.6 is 0 Å². The maximum atomic E-state index is 11.9. The number of fused-ring (bicyclic) bond motifs is 1. The van der Waals surface area contributed by atoms with Crippen molar-refractivity contribution in [3.05, 3.63) is 60.6 Å². The van der Waals surface area contributed by atoms with E-state index in [-0.39, 0.29) is 5.91 Å². The number of nitrogens with one attached hydrogen (secondary N) is 2. The number of pyridine rings is 2. The number of carbonyl (C=O) groups is 1. The van der Waals surface area contributed by atoms with E-state index < -0.39 is 0 Å². The largest absolute Gasteiger partial charge is 0.383 e. The van der Waals surface area contributed by atoms with Gasteiger partial charge in [-0.1, -0.05) is 18.2 Å². The van der Waals surface area contributed by atoms with Gasteiger partial charge < -0.3 is 15.4 Å². The van der Waals surface area contributed by atoms with Crippen molar-refractivity contribution in [3.8, 4) is 0 Å². The van der Waals surface area contributed by atoms with Crippen molar-refractivity contribution in [1.82, 2.24) is 15.3 Å². The molecule has 2 heterocycles. The van der Waals surface area contributed by atoms with Crippen molar-refractivity contribution >= 4 is 28.2 Å². The van der Waals surface area contributed by atoms with Gasteiger partial charge in [-0.3, -0.25) is 9.78 Å². The van der Waals surface area contributed by atoms with E-state index in [9.17, 15) is 4.79 Å². The third-order valence-corrected chi connectivity index (χ3v) is 3.50. The monoisotopic (exact) mass is 322 g/mol. The quantitative estimate of drug-likeness (QED) is 0.683. The Morgan fingerprint density at radius 1 is 1.12 bits per heavy atom. The Balaban J connectivity index is 1.73. The highest BCUT2D eigenvalue weighted by Crippen LogP contribution is 2.24. The summed E-state index contributed by atoms with van der Waals surface area (Å²) in [5.41, 5.74) is 2.95. The van der Waals surface area contributed by atoms with E-state index in [1.165, 1.54) is 0 Å². The summed E-state index contributed by atoms with van der Waals surface area (Å²) < 4.78 is 4.90. The van der Waals surface area contributed by atoms with E-state index in [2.05, 4.69) is 20.6 Å². The molecule has 6 nitrogen and oxygen atoms in total. The van der Waals surface area contributed by atoms with Gasteiger partial charge >= 0.3 is 0 Å². The van der Waals surface area contributed by atoms with Crippen LogP contribution in [0.1, 0.15) is 10.5 Å². The minimum Gasteiger partial charge on any atom is -0.383 e. The summed E-state index contributed by atoms with van der Waals surface area (Å²) in [6, 6.07) is 13.4. The summed E-state index contributed by atoms with van der Waals surface area (Å²) >= 11 is 0. The lowest BCUT2D eigenvalue weighted by atomic mass is 10.2. The first kappa shape index (κ1) is 15.9. The summed E-state index contributed by atoms with van der Waals surface area (Å²) in [7, 11) is 1.59. The van der Waals surface area contributed by atoms with Crippen molar-refractivity contribution in [2.24, 2.45) is 0 Å². The standard InChI is InChI=1S/C18H18N4O2/c1-24-11-10-20-18(23)16-8-7-14(12-21-16)22-15-6-2-4-13-5-3-9-19-17(13)15/h2-9,12,22H,10-11H2,1H3,(H,20,23). The molecule has 3 aromatic rings. The Labute approximate surface area is 139 Å². The Kier molecular flexibility index (Phi) is 4.98. The predicted molar refractivity (Wildman–Crippen MR) is 93.5 cm³/mol. The highest BCUT2D eigenvalue weighted by molar-refractivity contribution is 5.93. The molecule has 0 radical (unpaired) electrons. The molecule has 2 aromatic heterocycles. The fourth-order valence-corrected chi connectivity index (χ4v) is 2.32. The molecule has 3 rings (SSSR count). The zero-order valence-corrected chi connectivity index (χ0v) is 13.3. The van der Waals surface area contributed by atoms with E-state index in [0.717, 1.165) is 22.3 Å². The molecular weight excluding hydrogens is 304 g/mol. The van der Waals surface area contributed by atoms with Gasteiger partial charge in [-0.25, -0.2) is 4.98 Å². The SMILES string of the molecule is COCCNC(=O)c1ccc(Nc2cccc3cccnc23)cn1. The van der Waals surface area contributed by atoms with Crippen LogP contribution < -0.4 is 10.6 Å². The average molecular weight is 322 g/mol. The number of carbonyl (C=O) groups excluding carboxylic acids is 1. The maximum Gasteiger partial charge on any atom is 0.269 e. The third-order valence-electron chi connectivity index (χ3n) is 3.50. The number of para-hydroxylation sites is 1. The molecule has 0 unspecified atom stereocenters. The van der Waals surface area contributed by atoms with Gasteiger partial charge in [-0.15, -0.1) is 0 Å². The molecule has 0 atom stereocenters. The van der Waals surface area contributed by atoms with E-state index in [4.69, 9.17) is 4.74 Å². The number of anilines is 2. The van der Waals surface area contributed by atoms with Crippen LogP contribution in [0.3, 0.4) is 0 Å². The fraction of sp³-hybridized carbons (Fsp3) is 0.167. The highest BCUT2D eigenvalue weighted by Gasteiger charge is 2.07. The minimum absolute atomic E-state index is 0.217. The maximum absolute atomic E-state index is 11.9. The first-order valence-corrected chi connectivity index (χ1v) is 7.62. The second-order valence-electron chi connectivity index (χ2n) is 5.19. The predicted octanol–water partition coefficient (Wildman–Crippen LogP) is 2.75. The zero-order chi connectivity index (χ0) is 16.8. The lowest BCUT2D eigenvalue weighted by Gasteiger charge is -2.09. The lowest BCUT2D eigenvalue weighted by molar-refractivity contribution is 0.0932. The Morgan fingerprint density at radius 3 is 2.79 bits per heavy atom. The molecule has 6 heteroatoms. The smallest absolute Gasteiger partial charge is 0.269 e. The van der Waals surface area contributed by atoms with Crippen molar-refractivity contribution < 1.29 is 9.53 Å². The Hall–Kier alpha value is -2.99. The van der Waals surface area contributed by atoms with Gasteiger partial charge in [-0.2, -0.15) is 0 Å². The van der Waals surface area contributed by atoms with Crippen LogP contribution in [0.4, 0.5) is 11.4 Å². The molecule has 0 fully saturated rings. The second kappa shape index (κ2) is 7.52. The van der Waals surface area contributed by atoms with Gasteiger partial charge in [0.15, 0.2) is 0 Å². The van der Waals surface area contributed by atoms with E-state index in [1.54, 1.807) is 25.6 Å². The van der Waals surface area contributed by atoms with Crippen LogP contribution in [0.2, 0.25) is 0 Å². The molecule has 24 heavy (non-hydrogen) atoms. The van der Waals surface area contributed by atoms with Crippen molar-refractivity contribution in [1.29, 1.82) is 0 Å². The molecule has 2 N–H and O–H groups in total. The number of aromatic nitrogens is 2. The number of hydrogen-bond acceptors (Lipinski definition) is 5. The molecule has 1 amide bonds. The number of nitrogens with zero attached hydrogens (tertiary/aromatic N) is 2. The van der Waals surface area contributed by atoms with Crippen molar-refractivity contribution in [3.63, 3.8) is 0 Å². The van der Waals surface area contributed by atoms with E-state index >= 15 is 0 Å². The van der Waals surface area contributed by atoms with Gasteiger partial charge in [0, 0.05) is 25.2 Å². The highest BCUT2D eigenvalue weighted by atomic mass is 16.5. The van der Waals surface area contributed by atoms with Crippen LogP contribution in [0.15, 0.2) is 54.9 Å². The van der Waals surface area contributed by atoms with Gasteiger partial charge in [0.2, 0.25) is 0 Å². The van der Waals surface area contributed by atoms with Crippen LogP contribution in [-0.2, 0) is 4.74 Å². The summed E-state index contributed by atoms with van der Waals surface area (Å²) in [5, 5.41) is 7.08. The molecule has 0 spiro atoms. The molecule has 0 bridgehead atoms. The van der Waals surface area contributed by atoms with Gasteiger partial charge in [-0.05, 0) is 24.3 Å². The van der Waals surface area contributed by atoms with Crippen LogP contribution in [0, 0.1) is 0 Å². The normalized spacial score (nSPS) is 10.5. The zero-order valence-electron chi connectivity index (χ0n) is 13.3. The molecule has 0 saturated heterocycles. The summed E-state index contributed by atoms with van der Waals surface area (Å²) in [6.07, 6.45) is 3.40. The molecule has 122 valence electrons. The summed E-state index contributed by atoms with van der Waals surface area (Å²) in [5.74, 6) is -0.217. The first-order chi connectivity index (χ1) is 11.8. The van der Waals surface area contributed by atoms with E-state index in [1.807, 2.05) is 36.4 Å². The van der Waals surface area contributed by atoms with Crippen LogP contribution in [-0.4, -0.2) is 36.1 Å². The number of methoxy groups -OCH3 is 1. The second-order valence-corrected chi connectivity index (χ2v) is 5.19. The van der Waals surface area contributed by atoms with Crippen molar-refractivity contribution in [2.45, 2.75) is 0 Å². The molecule has 0 aliphatic rings. The van der Waals surface area contributed by atoms with Gasteiger partial charge in [0.05, 0.1) is 29.7 Å². The van der Waals surface area contributed by atoms with Crippen LogP contribution in [0.25, 0.3) is 10.9 Å². The minimum atomic E-state index is -0.217. The third kappa shape index (κ3) is 3.67. The number of benzene rings is 1. The number of amides is 1. The topological polar surface area (TPSA) is 76.1 Å². The molecule has 0 aliphatic heterocycles. The summed E-state index contributed by atoms with van der Waals surface area (Å²) in [6.45, 7) is 0.929. The molecular formula is C18H18N4O2. The van der Waals surface area contributed by atoms with Crippen LogP contribution in [0.5, 0.6) is 0 Å². The molecule has 1 aromatic carbocycles. The van der Waals surface area contributed by atoms with Crippen molar-refractivity contribution in [2.75, 3.05) is 25.6 Å². The summed E-state index contributed by atoms with van der Waals surface area (Å²) in [4.78, 5) is 20.5. The van der Waals surface area contributed by atoms with Gasteiger partial charge in [0.1, 0.15) is 5.69 Å². The average Bonchev–Trinajstić information content (AvgIpc) is 2.63. The molecule has 0 aliphatic carbocycles. The van der Waals surface area contributed by atoms with Gasteiger partial charge in [0.25, 0.3) is 5.91 Å². The first-order valence-electron chi connectivity index (χ1n) is 7.62. The van der Waals surface area contributed by atoms with E-state index in [0.29, 0.717) is 18.8 Å². The number of hydrogen-bond donors (Lipinski definition) is 2. The number of rotatable bonds is 6. The Morgan fingerprint density at radius 2 is 2.00 bits per heavy atom. The molecule has 0 saturated carbocycles. The number of ether oxygens (including phenoxy) is 1.